The number of carbonyl (C=O) groups is 1. The van der Waals surface area contributed by atoms with Crippen LogP contribution < -0.4 is 15.0 Å². The molecule has 0 aliphatic rings. The van der Waals surface area contributed by atoms with Gasteiger partial charge in [0.2, 0.25) is 0 Å². The van der Waals surface area contributed by atoms with Gasteiger partial charge < -0.3 is 14.2 Å². The molecular formula is C24H24Br3N3O5. The Kier molecular flexibility index (Phi) is 9.11. The third-order valence-corrected chi connectivity index (χ3v) is 7.58. The molecule has 0 aliphatic heterocycles. The normalized spacial score (nSPS) is 12.4. The van der Waals surface area contributed by atoms with Crippen molar-refractivity contribution in [3.8, 4) is 11.5 Å². The Morgan fingerprint density at radius 2 is 1.89 bits per heavy atom. The van der Waals surface area contributed by atoms with E-state index in [1.165, 1.54) is 11.8 Å². The summed E-state index contributed by atoms with van der Waals surface area (Å²) >= 11 is 10.5. The van der Waals surface area contributed by atoms with Crippen molar-refractivity contribution in [3.05, 3.63) is 59.4 Å². The number of nitrogens with zero attached hydrogens (tertiary/aromatic N) is 3. The summed E-state index contributed by atoms with van der Waals surface area (Å²) in [6.07, 6.45) is 0.695. The molecule has 3 aromatic rings. The fraction of sp³-hybridized carbons (Fsp3) is 0.333. The summed E-state index contributed by atoms with van der Waals surface area (Å²) in [7, 11) is 1.30. The maximum atomic E-state index is 13.3. The molecule has 0 saturated heterocycles. The number of esters is 1. The van der Waals surface area contributed by atoms with Crippen molar-refractivity contribution >= 4 is 70.9 Å². The number of hydrogen-bond donors (Lipinski definition) is 0. The number of ether oxygens (including phenoxy) is 3. The highest BCUT2D eigenvalue weighted by molar-refractivity contribution is 9.13. The summed E-state index contributed by atoms with van der Waals surface area (Å²) in [4.78, 5) is 29.8. The van der Waals surface area contributed by atoms with Gasteiger partial charge in [0, 0.05) is 20.4 Å². The Bertz CT molecular complexity index is 1350. The molecule has 0 bridgehead atoms. The molecule has 11 heteroatoms. The van der Waals surface area contributed by atoms with Crippen LogP contribution in [0.15, 0.2) is 47.6 Å². The van der Waals surface area contributed by atoms with Crippen LogP contribution in [0.5, 0.6) is 11.5 Å². The number of fused-ring (bicyclic) bond motifs is 1. The van der Waals surface area contributed by atoms with E-state index in [9.17, 15) is 9.59 Å². The number of aromatic nitrogens is 2. The fourth-order valence-electron chi connectivity index (χ4n) is 3.23. The molecule has 3 rings (SSSR count). The van der Waals surface area contributed by atoms with Crippen LogP contribution in [0.1, 0.15) is 45.0 Å². The van der Waals surface area contributed by atoms with E-state index in [2.05, 4.69) is 57.9 Å². The minimum atomic E-state index is -0.850. The molecule has 186 valence electrons. The van der Waals surface area contributed by atoms with Crippen molar-refractivity contribution in [1.29, 1.82) is 0 Å². The number of hydrogen-bond acceptors (Lipinski definition) is 7. The first-order valence-electron chi connectivity index (χ1n) is 10.7. The average molecular weight is 674 g/mol. The van der Waals surface area contributed by atoms with Gasteiger partial charge in [0.1, 0.15) is 5.82 Å². The van der Waals surface area contributed by atoms with Crippen LogP contribution in [0.4, 0.5) is 0 Å². The lowest BCUT2D eigenvalue weighted by atomic mass is 10.2. The highest BCUT2D eigenvalue weighted by Gasteiger charge is 2.23. The molecule has 0 spiro atoms. The summed E-state index contributed by atoms with van der Waals surface area (Å²) in [6, 6.07) is 7.10. The second-order valence-electron chi connectivity index (χ2n) is 7.78. The minimum Gasteiger partial charge on any atom is -0.490 e. The minimum absolute atomic E-state index is 0.0438. The van der Waals surface area contributed by atoms with Gasteiger partial charge in [-0.3, -0.25) is 4.79 Å². The third-order valence-electron chi connectivity index (χ3n) is 4.95. The molecule has 0 unspecified atom stereocenters. The monoisotopic (exact) mass is 671 g/mol. The zero-order valence-electron chi connectivity index (χ0n) is 19.8. The molecule has 0 aliphatic carbocycles. The van der Waals surface area contributed by atoms with Gasteiger partial charge in [-0.2, -0.15) is 9.78 Å². The Labute approximate surface area is 228 Å². The maximum Gasteiger partial charge on any atom is 0.346 e. The molecular weight excluding hydrogens is 650 g/mol. The summed E-state index contributed by atoms with van der Waals surface area (Å²) in [5.74, 6) is 0.714. The Morgan fingerprint density at radius 3 is 2.51 bits per heavy atom. The molecule has 2 aromatic carbocycles. The van der Waals surface area contributed by atoms with E-state index in [0.717, 1.165) is 4.47 Å². The lowest BCUT2D eigenvalue weighted by molar-refractivity contribution is -0.148. The van der Waals surface area contributed by atoms with Gasteiger partial charge in [-0.25, -0.2) is 9.78 Å². The summed E-state index contributed by atoms with van der Waals surface area (Å²) in [5.41, 5.74) is 0.954. The Balaban J connectivity index is 2.13. The molecule has 0 radical (unpaired) electrons. The molecule has 1 heterocycles. The first-order valence-corrected chi connectivity index (χ1v) is 13.1. The van der Waals surface area contributed by atoms with Crippen molar-refractivity contribution in [2.24, 2.45) is 5.10 Å². The van der Waals surface area contributed by atoms with E-state index in [1.54, 1.807) is 31.3 Å². The van der Waals surface area contributed by atoms with Crippen LogP contribution >= 0.6 is 47.8 Å². The molecule has 0 fully saturated rings. The molecule has 0 saturated carbocycles. The van der Waals surface area contributed by atoms with Gasteiger partial charge in [-0.1, -0.05) is 29.8 Å². The lowest BCUT2D eigenvalue weighted by Crippen LogP contribution is -2.25. The largest absolute Gasteiger partial charge is 0.490 e. The quantitative estimate of drug-likeness (QED) is 0.214. The van der Waals surface area contributed by atoms with E-state index >= 15 is 0 Å². The predicted molar refractivity (Wildman–Crippen MR) is 146 cm³/mol. The predicted octanol–water partition coefficient (Wildman–Crippen LogP) is 6.03. The van der Waals surface area contributed by atoms with Crippen molar-refractivity contribution in [1.82, 2.24) is 9.66 Å². The molecule has 1 atom stereocenters. The molecule has 35 heavy (non-hydrogen) atoms. The fourth-order valence-corrected chi connectivity index (χ4v) is 4.51. The van der Waals surface area contributed by atoms with Gasteiger partial charge in [-0.05, 0) is 70.0 Å². The lowest BCUT2D eigenvalue weighted by Gasteiger charge is -2.19. The highest BCUT2D eigenvalue weighted by atomic mass is 79.9. The average Bonchev–Trinajstić information content (AvgIpc) is 2.83. The van der Waals surface area contributed by atoms with Gasteiger partial charge in [0.15, 0.2) is 17.6 Å². The first-order chi connectivity index (χ1) is 16.6. The van der Waals surface area contributed by atoms with Crippen LogP contribution in [-0.4, -0.2) is 41.7 Å². The van der Waals surface area contributed by atoms with Crippen molar-refractivity contribution in [2.45, 2.75) is 39.7 Å². The Morgan fingerprint density at radius 1 is 1.17 bits per heavy atom. The van der Waals surface area contributed by atoms with Crippen LogP contribution in [0, 0.1) is 0 Å². The smallest absolute Gasteiger partial charge is 0.346 e. The zero-order chi connectivity index (χ0) is 25.9. The van der Waals surface area contributed by atoms with Gasteiger partial charge >= 0.3 is 5.97 Å². The second-order valence-corrected chi connectivity index (χ2v) is 10.3. The van der Waals surface area contributed by atoms with Crippen molar-refractivity contribution in [2.75, 3.05) is 13.7 Å². The van der Waals surface area contributed by atoms with Crippen molar-refractivity contribution in [3.63, 3.8) is 0 Å². The molecule has 0 N–H and O–H groups in total. The highest BCUT2D eigenvalue weighted by Crippen LogP contribution is 2.43. The SMILES string of the molecule is CCOc1cc(C=Nn2c(C(C)C)nc3ccc(Br)cc3c2=O)c(Br)c(Br)c1O[C@H](C)C(=O)OC. The van der Waals surface area contributed by atoms with Gasteiger partial charge in [0.25, 0.3) is 5.56 Å². The Hall–Kier alpha value is -2.24. The first kappa shape index (κ1) is 27.3. The standard InChI is InChI=1S/C24H24Br3N3O5/c1-6-34-18-9-14(19(26)20(27)21(18)35-13(4)24(32)33-5)11-28-30-22(12(2)3)29-17-8-7-15(25)10-16(17)23(30)31/h7-13H,6H2,1-5H3/t13-/m1/s1. The maximum absolute atomic E-state index is 13.3. The topological polar surface area (TPSA) is 92.0 Å². The molecule has 1 aromatic heterocycles. The van der Waals surface area contributed by atoms with Gasteiger partial charge in [0.05, 0.1) is 35.3 Å². The molecule has 8 nitrogen and oxygen atoms in total. The van der Waals surface area contributed by atoms with E-state index in [1.807, 2.05) is 26.8 Å². The second kappa shape index (κ2) is 11.7. The number of carbonyl (C=O) groups excluding carboxylic acids is 1. The number of benzene rings is 2. The molecule has 0 amide bonds. The van der Waals surface area contributed by atoms with E-state index in [-0.39, 0.29) is 11.5 Å². The van der Waals surface area contributed by atoms with Crippen LogP contribution in [0.2, 0.25) is 0 Å². The summed E-state index contributed by atoms with van der Waals surface area (Å²) in [5, 5.41) is 4.95. The van der Waals surface area contributed by atoms with Crippen molar-refractivity contribution < 1.29 is 19.0 Å². The van der Waals surface area contributed by atoms with Crippen LogP contribution in [0.25, 0.3) is 10.9 Å². The van der Waals surface area contributed by atoms with Crippen LogP contribution in [-0.2, 0) is 9.53 Å². The summed E-state index contributed by atoms with van der Waals surface area (Å²) < 4.78 is 19.5. The van der Waals surface area contributed by atoms with E-state index < -0.39 is 12.1 Å². The van der Waals surface area contributed by atoms with Gasteiger partial charge in [-0.15, -0.1) is 0 Å². The number of methoxy groups -OCH3 is 1. The van der Waals surface area contributed by atoms with E-state index in [4.69, 9.17) is 14.2 Å². The van der Waals surface area contributed by atoms with Crippen LogP contribution in [0.3, 0.4) is 0 Å². The summed E-state index contributed by atoms with van der Waals surface area (Å²) in [6.45, 7) is 7.69. The third kappa shape index (κ3) is 5.95. The zero-order valence-corrected chi connectivity index (χ0v) is 24.5. The number of halogens is 3. The number of rotatable bonds is 8. The van der Waals surface area contributed by atoms with E-state index in [0.29, 0.717) is 49.3 Å².